The highest BCUT2D eigenvalue weighted by Gasteiger charge is 2.24. The van der Waals surface area contributed by atoms with Crippen molar-refractivity contribution in [3.63, 3.8) is 0 Å². The van der Waals surface area contributed by atoms with Gasteiger partial charge in [-0.1, -0.05) is 86.6 Å². The highest BCUT2D eigenvalue weighted by Crippen LogP contribution is 2.37. The van der Waals surface area contributed by atoms with Gasteiger partial charge in [0, 0.05) is 12.1 Å². The zero-order valence-corrected chi connectivity index (χ0v) is 18.2. The molecule has 0 saturated heterocycles. The van der Waals surface area contributed by atoms with Gasteiger partial charge in [0.05, 0.1) is 0 Å². The minimum absolute atomic E-state index is 0.135. The normalized spacial score (nSPS) is 18.1. The Labute approximate surface area is 181 Å². The molecule has 2 heteroatoms. The number of benzene rings is 3. The van der Waals surface area contributed by atoms with Crippen LogP contribution < -0.4 is 5.32 Å². The minimum atomic E-state index is 0.135. The number of rotatable bonds is 5. The van der Waals surface area contributed by atoms with Crippen molar-refractivity contribution in [2.45, 2.75) is 51.9 Å². The van der Waals surface area contributed by atoms with Crippen LogP contribution in [0.1, 0.15) is 57.4 Å². The molecule has 2 nitrogen and oxygen atoms in total. The lowest BCUT2D eigenvalue weighted by atomic mass is 9.77. The maximum Gasteiger partial charge on any atom is 0.224 e. The molecular formula is C28H33NO. The van der Waals surface area contributed by atoms with Crippen LogP contribution in [0.15, 0.2) is 84.9 Å². The van der Waals surface area contributed by atoms with Gasteiger partial charge in [-0.05, 0) is 66.3 Å². The predicted molar refractivity (Wildman–Crippen MR) is 128 cm³/mol. The Morgan fingerprint density at radius 3 is 1.87 bits per heavy atom. The van der Waals surface area contributed by atoms with Crippen LogP contribution in [0.3, 0.4) is 0 Å². The third-order valence-electron chi connectivity index (χ3n) is 5.87. The summed E-state index contributed by atoms with van der Waals surface area (Å²) in [6.07, 6.45) is 5.28. The summed E-state index contributed by atoms with van der Waals surface area (Å²) in [7, 11) is 0. The molecule has 1 N–H and O–H groups in total. The molecule has 0 unspecified atom stereocenters. The Balaban J connectivity index is 0.00000124. The van der Waals surface area contributed by atoms with Crippen molar-refractivity contribution in [3.8, 4) is 11.1 Å². The number of hydrogen-bond acceptors (Lipinski definition) is 1. The number of anilines is 1. The van der Waals surface area contributed by atoms with Gasteiger partial charge in [0.25, 0.3) is 0 Å². The van der Waals surface area contributed by atoms with E-state index in [2.05, 4.69) is 59.9 Å². The summed E-state index contributed by atoms with van der Waals surface area (Å²) in [4.78, 5) is 12.5. The molecule has 156 valence electrons. The molecule has 1 fully saturated rings. The third kappa shape index (κ3) is 6.06. The molecule has 1 aliphatic rings. The standard InChI is InChI=1S/C26H27NO.C2H6/c28-26(19-20-11-13-23(14-12-20)21-7-3-1-4-8-21)27-25-17-15-24(16-18-25)22-9-5-2-6-10-22;1-2/h1-10,15-18,20,23H,11-14,19H2,(H,27,28);1-2H3. The Kier molecular flexibility index (Phi) is 8.26. The summed E-state index contributed by atoms with van der Waals surface area (Å²) in [5.41, 5.74) is 4.68. The molecule has 0 atom stereocenters. The summed E-state index contributed by atoms with van der Waals surface area (Å²) < 4.78 is 0. The van der Waals surface area contributed by atoms with Crippen LogP contribution in [0.2, 0.25) is 0 Å². The van der Waals surface area contributed by atoms with Crippen LogP contribution in [0.4, 0.5) is 5.69 Å². The second kappa shape index (κ2) is 11.3. The molecule has 0 radical (unpaired) electrons. The van der Waals surface area contributed by atoms with Crippen LogP contribution >= 0.6 is 0 Å². The van der Waals surface area contributed by atoms with Gasteiger partial charge in [-0.25, -0.2) is 0 Å². The molecule has 0 spiro atoms. The van der Waals surface area contributed by atoms with E-state index in [1.54, 1.807) is 0 Å². The number of amides is 1. The van der Waals surface area contributed by atoms with Gasteiger partial charge < -0.3 is 5.32 Å². The fraction of sp³-hybridized carbons (Fsp3) is 0.321. The zero-order valence-electron chi connectivity index (χ0n) is 18.2. The first-order chi connectivity index (χ1) is 14.8. The highest BCUT2D eigenvalue weighted by molar-refractivity contribution is 5.91. The smallest absolute Gasteiger partial charge is 0.224 e. The van der Waals surface area contributed by atoms with Crippen molar-refractivity contribution in [3.05, 3.63) is 90.5 Å². The van der Waals surface area contributed by atoms with Gasteiger partial charge in [0.15, 0.2) is 0 Å². The van der Waals surface area contributed by atoms with E-state index >= 15 is 0 Å². The SMILES string of the molecule is CC.O=C(CC1CCC(c2ccccc2)CC1)Nc1ccc(-c2ccccc2)cc1. The van der Waals surface area contributed by atoms with E-state index in [1.807, 2.05) is 44.2 Å². The molecule has 1 amide bonds. The molecule has 4 rings (SSSR count). The van der Waals surface area contributed by atoms with E-state index in [-0.39, 0.29) is 5.91 Å². The molecule has 3 aromatic rings. The Morgan fingerprint density at radius 1 is 0.733 bits per heavy atom. The molecule has 1 aliphatic carbocycles. The summed E-state index contributed by atoms with van der Waals surface area (Å²) in [6, 6.07) is 29.2. The van der Waals surface area contributed by atoms with Crippen molar-refractivity contribution in [2.24, 2.45) is 5.92 Å². The molecular weight excluding hydrogens is 366 g/mol. The fourth-order valence-corrected chi connectivity index (χ4v) is 4.28. The largest absolute Gasteiger partial charge is 0.326 e. The number of carbonyl (C=O) groups is 1. The maximum atomic E-state index is 12.5. The van der Waals surface area contributed by atoms with Crippen LogP contribution in [-0.2, 0) is 4.79 Å². The Morgan fingerprint density at radius 2 is 1.27 bits per heavy atom. The molecule has 0 heterocycles. The van der Waals surface area contributed by atoms with Crippen LogP contribution in [0.25, 0.3) is 11.1 Å². The predicted octanol–water partition coefficient (Wildman–Crippen LogP) is 7.68. The average Bonchev–Trinajstić information content (AvgIpc) is 2.82. The van der Waals surface area contributed by atoms with Gasteiger partial charge in [-0.15, -0.1) is 0 Å². The van der Waals surface area contributed by atoms with Crippen LogP contribution in [-0.4, -0.2) is 5.91 Å². The minimum Gasteiger partial charge on any atom is -0.326 e. The molecule has 0 aliphatic heterocycles. The quantitative estimate of drug-likeness (QED) is 0.468. The van der Waals surface area contributed by atoms with Crippen LogP contribution in [0, 0.1) is 5.92 Å². The van der Waals surface area contributed by atoms with E-state index in [9.17, 15) is 4.79 Å². The Bertz CT molecular complexity index is 879. The summed E-state index contributed by atoms with van der Waals surface area (Å²) >= 11 is 0. The van der Waals surface area contributed by atoms with E-state index < -0.39 is 0 Å². The third-order valence-corrected chi connectivity index (χ3v) is 5.87. The highest BCUT2D eigenvalue weighted by atomic mass is 16.1. The first-order valence-electron chi connectivity index (χ1n) is 11.3. The number of hydrogen-bond donors (Lipinski definition) is 1. The first-order valence-corrected chi connectivity index (χ1v) is 11.3. The lowest BCUT2D eigenvalue weighted by Gasteiger charge is -2.28. The lowest BCUT2D eigenvalue weighted by molar-refractivity contribution is -0.117. The van der Waals surface area contributed by atoms with Crippen molar-refractivity contribution >= 4 is 11.6 Å². The average molecular weight is 400 g/mol. The van der Waals surface area contributed by atoms with Crippen molar-refractivity contribution < 1.29 is 4.79 Å². The topological polar surface area (TPSA) is 29.1 Å². The summed E-state index contributed by atoms with van der Waals surface area (Å²) in [5, 5.41) is 3.07. The van der Waals surface area contributed by atoms with E-state index in [0.29, 0.717) is 18.3 Å². The second-order valence-corrected chi connectivity index (χ2v) is 7.82. The molecule has 0 bridgehead atoms. The van der Waals surface area contributed by atoms with E-state index in [4.69, 9.17) is 0 Å². The van der Waals surface area contributed by atoms with Crippen molar-refractivity contribution in [1.29, 1.82) is 0 Å². The molecule has 1 saturated carbocycles. The Hall–Kier alpha value is -2.87. The summed E-state index contributed by atoms with van der Waals surface area (Å²) in [6.45, 7) is 4.00. The molecule has 0 aromatic heterocycles. The van der Waals surface area contributed by atoms with Gasteiger partial charge in [0.2, 0.25) is 5.91 Å². The van der Waals surface area contributed by atoms with E-state index in [1.165, 1.54) is 24.0 Å². The van der Waals surface area contributed by atoms with Gasteiger partial charge >= 0.3 is 0 Å². The van der Waals surface area contributed by atoms with Gasteiger partial charge in [0.1, 0.15) is 0 Å². The second-order valence-electron chi connectivity index (χ2n) is 7.82. The van der Waals surface area contributed by atoms with Crippen molar-refractivity contribution in [2.75, 3.05) is 5.32 Å². The van der Waals surface area contributed by atoms with E-state index in [0.717, 1.165) is 24.1 Å². The monoisotopic (exact) mass is 399 g/mol. The van der Waals surface area contributed by atoms with Gasteiger partial charge in [-0.3, -0.25) is 4.79 Å². The molecule has 30 heavy (non-hydrogen) atoms. The lowest BCUT2D eigenvalue weighted by Crippen LogP contribution is -2.20. The summed E-state index contributed by atoms with van der Waals surface area (Å²) in [5.74, 6) is 1.30. The number of nitrogens with one attached hydrogen (secondary N) is 1. The first kappa shape index (κ1) is 21.8. The number of carbonyl (C=O) groups excluding carboxylic acids is 1. The fourth-order valence-electron chi connectivity index (χ4n) is 4.28. The van der Waals surface area contributed by atoms with Crippen LogP contribution in [0.5, 0.6) is 0 Å². The van der Waals surface area contributed by atoms with Gasteiger partial charge in [-0.2, -0.15) is 0 Å². The maximum absolute atomic E-state index is 12.5. The molecule has 3 aromatic carbocycles. The zero-order chi connectivity index (χ0) is 21.2. The van der Waals surface area contributed by atoms with Crippen molar-refractivity contribution in [1.82, 2.24) is 0 Å².